The van der Waals surface area contributed by atoms with Crippen molar-refractivity contribution in [2.24, 2.45) is 0 Å². The quantitative estimate of drug-likeness (QED) is 0.549. The molecule has 0 atom stereocenters. The fourth-order valence-corrected chi connectivity index (χ4v) is 3.32. The van der Waals surface area contributed by atoms with Crippen molar-refractivity contribution in [2.75, 3.05) is 31.1 Å². The van der Waals surface area contributed by atoms with Gasteiger partial charge in [-0.3, -0.25) is 25.1 Å². The van der Waals surface area contributed by atoms with Crippen LogP contribution in [0, 0.1) is 20.2 Å². The molecule has 2 aromatic rings. The molecule has 8 nitrogen and oxygen atoms in total. The zero-order valence-electron chi connectivity index (χ0n) is 15.1. The number of benzene rings is 2. The fourth-order valence-electron chi connectivity index (χ4n) is 3.32. The minimum absolute atomic E-state index is 0.0216. The summed E-state index contributed by atoms with van der Waals surface area (Å²) in [6.45, 7) is 1.98. The van der Waals surface area contributed by atoms with E-state index in [2.05, 4.69) is 0 Å². The van der Waals surface area contributed by atoms with Crippen molar-refractivity contribution < 1.29 is 23.0 Å². The summed E-state index contributed by atoms with van der Waals surface area (Å²) in [6.07, 6.45) is -4.66. The molecule has 1 saturated heterocycles. The van der Waals surface area contributed by atoms with E-state index in [1.165, 1.54) is 6.07 Å². The van der Waals surface area contributed by atoms with Crippen molar-refractivity contribution in [1.82, 2.24) is 4.90 Å². The summed E-state index contributed by atoms with van der Waals surface area (Å²) < 4.78 is 38.6. The van der Waals surface area contributed by atoms with E-state index in [-0.39, 0.29) is 11.4 Å². The van der Waals surface area contributed by atoms with E-state index in [1.807, 2.05) is 4.90 Å². The lowest BCUT2D eigenvalue weighted by molar-refractivity contribution is -0.385. The monoisotopic (exact) mass is 410 g/mol. The van der Waals surface area contributed by atoms with Gasteiger partial charge in [0.05, 0.1) is 15.4 Å². The molecule has 2 aromatic carbocycles. The summed E-state index contributed by atoms with van der Waals surface area (Å²) in [5, 5.41) is 22.4. The zero-order valence-corrected chi connectivity index (χ0v) is 15.1. The number of nitro groups is 2. The molecule has 11 heteroatoms. The topological polar surface area (TPSA) is 92.8 Å². The predicted octanol–water partition coefficient (Wildman–Crippen LogP) is 3.84. The van der Waals surface area contributed by atoms with Gasteiger partial charge in [0.2, 0.25) is 0 Å². The minimum Gasteiger partial charge on any atom is -0.363 e. The van der Waals surface area contributed by atoms with E-state index in [9.17, 15) is 33.4 Å². The number of nitrogens with zero attached hydrogens (tertiary/aromatic N) is 4. The summed E-state index contributed by atoms with van der Waals surface area (Å²) >= 11 is 0. The molecule has 0 spiro atoms. The van der Waals surface area contributed by atoms with E-state index in [0.717, 1.165) is 12.1 Å². The molecule has 0 amide bonds. The first-order valence-corrected chi connectivity index (χ1v) is 8.72. The van der Waals surface area contributed by atoms with Gasteiger partial charge >= 0.3 is 6.18 Å². The van der Waals surface area contributed by atoms with Crippen LogP contribution < -0.4 is 4.90 Å². The Hall–Kier alpha value is -3.21. The van der Waals surface area contributed by atoms with Crippen LogP contribution in [0.15, 0.2) is 42.5 Å². The number of hydrogen-bond acceptors (Lipinski definition) is 6. The molecule has 0 unspecified atom stereocenters. The van der Waals surface area contributed by atoms with Crippen molar-refractivity contribution in [3.63, 3.8) is 0 Å². The third kappa shape index (κ3) is 4.62. The number of nitro benzene ring substituents is 2. The van der Waals surface area contributed by atoms with Crippen LogP contribution in [-0.4, -0.2) is 40.9 Å². The average Bonchev–Trinajstić information content (AvgIpc) is 2.67. The highest BCUT2D eigenvalue weighted by molar-refractivity contribution is 5.65. The Bertz CT molecular complexity index is 928. The first-order valence-electron chi connectivity index (χ1n) is 8.72. The molecule has 154 valence electrons. The lowest BCUT2D eigenvalue weighted by Gasteiger charge is -2.35. The molecule has 1 aliphatic heterocycles. The second-order valence-electron chi connectivity index (χ2n) is 6.61. The first-order chi connectivity index (χ1) is 13.7. The van der Waals surface area contributed by atoms with Crippen LogP contribution in [0.25, 0.3) is 0 Å². The Morgan fingerprint density at radius 2 is 1.52 bits per heavy atom. The normalized spacial score (nSPS) is 15.3. The van der Waals surface area contributed by atoms with Crippen molar-refractivity contribution >= 4 is 17.1 Å². The predicted molar refractivity (Wildman–Crippen MR) is 98.7 cm³/mol. The number of para-hydroxylation sites is 1. The molecule has 3 rings (SSSR count). The molecule has 1 aliphatic rings. The molecule has 0 radical (unpaired) electrons. The Morgan fingerprint density at radius 1 is 0.897 bits per heavy atom. The van der Waals surface area contributed by atoms with E-state index in [4.69, 9.17) is 0 Å². The van der Waals surface area contributed by atoms with Crippen LogP contribution in [0.4, 0.5) is 30.2 Å². The van der Waals surface area contributed by atoms with E-state index < -0.39 is 27.3 Å². The average molecular weight is 410 g/mol. The van der Waals surface area contributed by atoms with Gasteiger partial charge in [0.25, 0.3) is 11.4 Å². The Kier molecular flexibility index (Phi) is 5.69. The van der Waals surface area contributed by atoms with Gasteiger partial charge in [0.1, 0.15) is 5.69 Å². The van der Waals surface area contributed by atoms with E-state index in [1.54, 1.807) is 23.1 Å². The van der Waals surface area contributed by atoms with E-state index >= 15 is 0 Å². The third-order valence-corrected chi connectivity index (χ3v) is 4.79. The number of rotatable bonds is 5. The first kappa shape index (κ1) is 20.5. The van der Waals surface area contributed by atoms with Crippen molar-refractivity contribution in [3.8, 4) is 0 Å². The van der Waals surface area contributed by atoms with Crippen molar-refractivity contribution in [3.05, 3.63) is 73.8 Å². The number of halogens is 3. The standard InChI is InChI=1S/C18H17F3N4O4/c19-18(20,21)14-5-6-16(17(11-14)25(28)29)23-9-7-22(8-10-23)12-13-3-1-2-4-15(13)24(26)27/h1-6,11H,7-10,12H2. The van der Waals surface area contributed by atoms with E-state index in [0.29, 0.717) is 44.4 Å². The molecule has 1 heterocycles. The lowest BCUT2D eigenvalue weighted by atomic mass is 10.1. The van der Waals surface area contributed by atoms with Gasteiger partial charge in [0.15, 0.2) is 0 Å². The number of alkyl halides is 3. The molecule has 0 aliphatic carbocycles. The molecule has 1 fully saturated rings. The van der Waals surface area contributed by atoms with Crippen LogP contribution in [0.1, 0.15) is 11.1 Å². The number of anilines is 1. The van der Waals surface area contributed by atoms with Gasteiger partial charge in [-0.15, -0.1) is 0 Å². The van der Waals surface area contributed by atoms with Gasteiger partial charge < -0.3 is 4.90 Å². The third-order valence-electron chi connectivity index (χ3n) is 4.79. The summed E-state index contributed by atoms with van der Waals surface area (Å²) in [5.74, 6) is 0. The summed E-state index contributed by atoms with van der Waals surface area (Å²) in [4.78, 5) is 24.8. The molecule has 0 aromatic heterocycles. The van der Waals surface area contributed by atoms with Gasteiger partial charge in [0, 0.05) is 50.4 Å². The van der Waals surface area contributed by atoms with Gasteiger partial charge in [-0.05, 0) is 12.1 Å². The van der Waals surface area contributed by atoms with Crippen LogP contribution in [-0.2, 0) is 12.7 Å². The highest BCUT2D eigenvalue weighted by Crippen LogP contribution is 2.36. The largest absolute Gasteiger partial charge is 0.416 e. The van der Waals surface area contributed by atoms with Crippen LogP contribution in [0.2, 0.25) is 0 Å². The number of hydrogen-bond donors (Lipinski definition) is 0. The second kappa shape index (κ2) is 8.03. The van der Waals surface area contributed by atoms with Gasteiger partial charge in [-0.25, -0.2) is 0 Å². The Labute approximate surface area is 163 Å². The van der Waals surface area contributed by atoms with Crippen molar-refractivity contribution in [1.29, 1.82) is 0 Å². The van der Waals surface area contributed by atoms with Crippen LogP contribution in [0.3, 0.4) is 0 Å². The maximum Gasteiger partial charge on any atom is 0.416 e. The molecule has 0 saturated carbocycles. The minimum atomic E-state index is -4.66. The fraction of sp³-hybridized carbons (Fsp3) is 0.333. The smallest absolute Gasteiger partial charge is 0.363 e. The lowest BCUT2D eigenvalue weighted by Crippen LogP contribution is -2.46. The highest BCUT2D eigenvalue weighted by atomic mass is 19.4. The van der Waals surface area contributed by atoms with Crippen LogP contribution >= 0.6 is 0 Å². The molecule has 0 bridgehead atoms. The highest BCUT2D eigenvalue weighted by Gasteiger charge is 2.34. The Morgan fingerprint density at radius 3 is 2.10 bits per heavy atom. The number of piperazine rings is 1. The van der Waals surface area contributed by atoms with Gasteiger partial charge in [-0.1, -0.05) is 18.2 Å². The molecule has 0 N–H and O–H groups in total. The molecule has 29 heavy (non-hydrogen) atoms. The molecular weight excluding hydrogens is 393 g/mol. The maximum absolute atomic E-state index is 12.9. The SMILES string of the molecule is O=[N+]([O-])c1ccccc1CN1CCN(c2ccc(C(F)(F)F)cc2[N+](=O)[O-])CC1. The maximum atomic E-state index is 12.9. The zero-order chi connectivity index (χ0) is 21.2. The summed E-state index contributed by atoms with van der Waals surface area (Å²) in [6, 6.07) is 8.91. The van der Waals surface area contributed by atoms with Crippen LogP contribution in [0.5, 0.6) is 0 Å². The Balaban J connectivity index is 1.73. The van der Waals surface area contributed by atoms with Crippen molar-refractivity contribution in [2.45, 2.75) is 12.7 Å². The summed E-state index contributed by atoms with van der Waals surface area (Å²) in [7, 11) is 0. The second-order valence-corrected chi connectivity index (χ2v) is 6.61. The molecular formula is C18H17F3N4O4. The van der Waals surface area contributed by atoms with Gasteiger partial charge in [-0.2, -0.15) is 13.2 Å². The summed E-state index contributed by atoms with van der Waals surface area (Å²) in [5.41, 5.74) is -0.942.